The normalized spacial score (nSPS) is 11.3. The lowest BCUT2D eigenvalue weighted by Crippen LogP contribution is -1.85. The Kier molecular flexibility index (Phi) is 1.54. The molecule has 0 saturated heterocycles. The topological polar surface area (TPSA) is 24.8 Å². The summed E-state index contributed by atoms with van der Waals surface area (Å²) in [5.74, 6) is 0.0891. The molecular formula is C13H10NO. The van der Waals surface area contributed by atoms with Crippen LogP contribution in [-0.2, 0) is 12.2 Å². The van der Waals surface area contributed by atoms with Crippen LogP contribution in [0.5, 0.6) is 5.75 Å². The molecule has 1 radical (unpaired) electrons. The van der Waals surface area contributed by atoms with Gasteiger partial charge in [-0.25, -0.2) is 0 Å². The molecule has 15 heavy (non-hydrogen) atoms. The van der Waals surface area contributed by atoms with E-state index >= 15 is 0 Å². The first kappa shape index (κ1) is 8.36. The molecule has 0 aliphatic carbocycles. The van der Waals surface area contributed by atoms with E-state index in [4.69, 9.17) is 0 Å². The molecule has 0 aliphatic rings. The van der Waals surface area contributed by atoms with Crippen LogP contribution in [0, 0.1) is 0 Å². The molecule has 3 rings (SSSR count). The summed E-state index contributed by atoms with van der Waals surface area (Å²) in [7, 11) is 1.94. The molecule has 2 nitrogen and oxygen atoms in total. The summed E-state index contributed by atoms with van der Waals surface area (Å²) >= 11 is 0. The average Bonchev–Trinajstić information content (AvgIpc) is 2.55. The van der Waals surface area contributed by atoms with Crippen LogP contribution in [0.15, 0.2) is 42.5 Å². The second kappa shape index (κ2) is 2.76. The smallest absolute Gasteiger partial charge is 0.202 e. The van der Waals surface area contributed by atoms with E-state index in [1.54, 1.807) is 6.07 Å². The highest BCUT2D eigenvalue weighted by Gasteiger charge is 2.10. The van der Waals surface area contributed by atoms with Crippen molar-refractivity contribution in [2.75, 3.05) is 0 Å². The average molecular weight is 196 g/mol. The van der Waals surface area contributed by atoms with Crippen molar-refractivity contribution in [1.29, 1.82) is 0 Å². The maximum Gasteiger partial charge on any atom is 0.202 e. The fourth-order valence-corrected chi connectivity index (χ4v) is 2.20. The van der Waals surface area contributed by atoms with Crippen LogP contribution in [0.1, 0.15) is 0 Å². The van der Waals surface area contributed by atoms with Gasteiger partial charge in [-0.15, -0.1) is 0 Å². The molecule has 0 aliphatic heterocycles. The predicted molar refractivity (Wildman–Crippen MR) is 60.6 cm³/mol. The van der Waals surface area contributed by atoms with E-state index in [2.05, 4.69) is 6.07 Å². The van der Waals surface area contributed by atoms with Crippen molar-refractivity contribution >= 4 is 21.8 Å². The number of rotatable bonds is 0. The molecule has 0 atom stereocenters. The number of para-hydroxylation sites is 2. The third-order valence-corrected chi connectivity index (χ3v) is 2.89. The van der Waals surface area contributed by atoms with E-state index in [0.717, 1.165) is 21.8 Å². The van der Waals surface area contributed by atoms with Gasteiger partial charge < -0.3 is 4.57 Å². The van der Waals surface area contributed by atoms with E-state index < -0.39 is 0 Å². The third-order valence-electron chi connectivity index (χ3n) is 2.89. The Morgan fingerprint density at radius 2 is 1.67 bits per heavy atom. The van der Waals surface area contributed by atoms with E-state index in [0.29, 0.717) is 0 Å². The molecule has 2 heteroatoms. The molecule has 0 bridgehead atoms. The molecule has 1 heterocycles. The summed E-state index contributed by atoms with van der Waals surface area (Å²) in [6.07, 6.45) is 0. The molecule has 0 saturated carbocycles. The van der Waals surface area contributed by atoms with Crippen molar-refractivity contribution in [3.8, 4) is 5.75 Å². The van der Waals surface area contributed by atoms with Crippen molar-refractivity contribution in [3.63, 3.8) is 0 Å². The maximum absolute atomic E-state index is 11.7. The number of hydrogen-bond acceptors (Lipinski definition) is 0. The van der Waals surface area contributed by atoms with E-state index in [-0.39, 0.29) is 5.75 Å². The van der Waals surface area contributed by atoms with Gasteiger partial charge in [0.25, 0.3) is 0 Å². The second-order valence-electron chi connectivity index (χ2n) is 3.73. The van der Waals surface area contributed by atoms with Crippen LogP contribution < -0.4 is 0 Å². The van der Waals surface area contributed by atoms with Crippen LogP contribution in [0.4, 0.5) is 0 Å². The molecule has 0 fully saturated rings. The van der Waals surface area contributed by atoms with Crippen LogP contribution in [-0.4, -0.2) is 4.57 Å². The molecule has 2 aromatic carbocycles. The van der Waals surface area contributed by atoms with Gasteiger partial charge in [-0.05, 0) is 12.1 Å². The van der Waals surface area contributed by atoms with Gasteiger partial charge in [0.15, 0.2) is 0 Å². The summed E-state index contributed by atoms with van der Waals surface area (Å²) in [6.45, 7) is 0. The van der Waals surface area contributed by atoms with E-state index in [9.17, 15) is 5.11 Å². The van der Waals surface area contributed by atoms with Crippen molar-refractivity contribution in [2.24, 2.45) is 7.05 Å². The monoisotopic (exact) mass is 196 g/mol. The fraction of sp³-hybridized carbons (Fsp3) is 0.0769. The lowest BCUT2D eigenvalue weighted by Gasteiger charge is -1.97. The Morgan fingerprint density at radius 3 is 2.53 bits per heavy atom. The fourth-order valence-electron chi connectivity index (χ4n) is 2.20. The number of aryl methyl sites for hydroxylation is 1. The van der Waals surface area contributed by atoms with Crippen molar-refractivity contribution < 1.29 is 5.11 Å². The van der Waals surface area contributed by atoms with Crippen LogP contribution >= 0.6 is 0 Å². The number of fused-ring (bicyclic) bond motifs is 3. The molecule has 0 unspecified atom stereocenters. The minimum absolute atomic E-state index is 0.0891. The zero-order valence-corrected chi connectivity index (χ0v) is 8.40. The standard InChI is InChI=1S/C13H10NO/c1-14-11-7-3-2-5-9(11)10-6-4-8-12(15)13(10)14/h2-8H,1H3. The first-order chi connectivity index (χ1) is 7.29. The highest BCUT2D eigenvalue weighted by molar-refractivity contribution is 6.09. The minimum atomic E-state index is 0.0891. The second-order valence-corrected chi connectivity index (χ2v) is 3.73. The van der Waals surface area contributed by atoms with Gasteiger partial charge in [-0.2, -0.15) is 0 Å². The Bertz CT molecular complexity index is 652. The van der Waals surface area contributed by atoms with Crippen LogP contribution in [0.3, 0.4) is 0 Å². The van der Waals surface area contributed by atoms with E-state index in [1.807, 2.05) is 41.9 Å². The first-order valence-electron chi connectivity index (χ1n) is 4.92. The predicted octanol–water partition coefficient (Wildman–Crippen LogP) is 3.48. The summed E-state index contributed by atoms with van der Waals surface area (Å²) in [4.78, 5) is 0. The lowest BCUT2D eigenvalue weighted by atomic mass is 10.1. The number of hydrogen-bond donors (Lipinski definition) is 0. The Hall–Kier alpha value is -1.96. The number of aromatic nitrogens is 1. The largest absolute Gasteiger partial charge is 0.340 e. The molecular weight excluding hydrogens is 186 g/mol. The van der Waals surface area contributed by atoms with Gasteiger partial charge in [-0.1, -0.05) is 30.3 Å². The van der Waals surface area contributed by atoms with Gasteiger partial charge in [0.05, 0.1) is 5.52 Å². The molecule has 3 aromatic rings. The number of benzene rings is 2. The van der Waals surface area contributed by atoms with E-state index in [1.165, 1.54) is 0 Å². The maximum atomic E-state index is 11.7. The molecule has 0 spiro atoms. The summed E-state index contributed by atoms with van der Waals surface area (Å²) in [5.41, 5.74) is 1.90. The Balaban J connectivity index is 2.69. The summed E-state index contributed by atoms with van der Waals surface area (Å²) in [6, 6.07) is 13.5. The van der Waals surface area contributed by atoms with Gasteiger partial charge in [0.2, 0.25) is 5.75 Å². The lowest BCUT2D eigenvalue weighted by molar-refractivity contribution is 0.358. The van der Waals surface area contributed by atoms with Gasteiger partial charge >= 0.3 is 0 Å². The highest BCUT2D eigenvalue weighted by atomic mass is 16.3. The Morgan fingerprint density at radius 1 is 0.933 bits per heavy atom. The molecule has 1 aromatic heterocycles. The van der Waals surface area contributed by atoms with Crippen molar-refractivity contribution in [3.05, 3.63) is 42.5 Å². The Labute approximate surface area is 87.4 Å². The zero-order valence-electron chi connectivity index (χ0n) is 8.40. The van der Waals surface area contributed by atoms with Gasteiger partial charge in [0.1, 0.15) is 0 Å². The molecule has 0 amide bonds. The SMILES string of the molecule is Cn1c2ccccc2c2cccc([O])c21. The first-order valence-corrected chi connectivity index (χ1v) is 4.92. The quantitative estimate of drug-likeness (QED) is 0.526. The zero-order chi connectivity index (χ0) is 10.4. The van der Waals surface area contributed by atoms with Gasteiger partial charge in [-0.3, -0.25) is 5.11 Å². The van der Waals surface area contributed by atoms with Crippen molar-refractivity contribution in [1.82, 2.24) is 4.57 Å². The van der Waals surface area contributed by atoms with Gasteiger partial charge in [0, 0.05) is 23.3 Å². The number of nitrogens with zero attached hydrogens (tertiary/aromatic N) is 1. The van der Waals surface area contributed by atoms with Crippen LogP contribution in [0.2, 0.25) is 0 Å². The third kappa shape index (κ3) is 0.988. The highest BCUT2D eigenvalue weighted by Crippen LogP contribution is 2.33. The molecule has 73 valence electrons. The molecule has 0 N–H and O–H groups in total. The van der Waals surface area contributed by atoms with Crippen molar-refractivity contribution in [2.45, 2.75) is 0 Å². The summed E-state index contributed by atoms with van der Waals surface area (Å²) < 4.78 is 1.97. The minimum Gasteiger partial charge on any atom is -0.340 e. The summed E-state index contributed by atoms with van der Waals surface area (Å²) in [5, 5.41) is 13.9. The van der Waals surface area contributed by atoms with Crippen LogP contribution in [0.25, 0.3) is 21.8 Å².